The molecule has 0 aromatic rings. The van der Waals surface area contributed by atoms with Gasteiger partial charge in [-0.15, -0.1) is 0 Å². The molecule has 9 nitrogen and oxygen atoms in total. The molecule has 0 saturated carbocycles. The second-order valence-electron chi connectivity index (χ2n) is 6.75. The van der Waals surface area contributed by atoms with Gasteiger partial charge in [0.15, 0.2) is 0 Å². The molecular formula is C17H32N4O5. The van der Waals surface area contributed by atoms with Crippen LogP contribution in [0.5, 0.6) is 0 Å². The minimum Gasteiger partial charge on any atom is -0.480 e. The van der Waals surface area contributed by atoms with Crippen molar-refractivity contribution in [3.05, 3.63) is 0 Å². The van der Waals surface area contributed by atoms with E-state index in [1.54, 1.807) is 6.92 Å². The highest BCUT2D eigenvalue weighted by Gasteiger charge is 2.18. The number of hydrogen-bond donors (Lipinski definition) is 2. The van der Waals surface area contributed by atoms with Crippen LogP contribution in [0.25, 0.3) is 0 Å². The van der Waals surface area contributed by atoms with Crippen molar-refractivity contribution in [3.63, 3.8) is 0 Å². The summed E-state index contributed by atoms with van der Waals surface area (Å²) in [6.07, 6.45) is 0. The largest absolute Gasteiger partial charge is 0.480 e. The van der Waals surface area contributed by atoms with E-state index in [2.05, 4.69) is 16.7 Å². The SMILES string of the molecule is CCN1CCN(CC(C)=O)CCN(CC(=O)O)CCN(CC(=O)O)CC1. The van der Waals surface area contributed by atoms with Crippen LogP contribution in [0, 0.1) is 0 Å². The quantitative estimate of drug-likeness (QED) is 0.581. The van der Waals surface area contributed by atoms with Crippen LogP contribution in [0.4, 0.5) is 0 Å². The number of carbonyl (C=O) groups excluding carboxylic acids is 1. The molecular weight excluding hydrogens is 340 g/mol. The second-order valence-corrected chi connectivity index (χ2v) is 6.75. The Morgan fingerprint density at radius 3 is 1.23 bits per heavy atom. The maximum atomic E-state index is 11.5. The first kappa shape index (κ1) is 22.5. The van der Waals surface area contributed by atoms with E-state index in [4.69, 9.17) is 10.2 Å². The molecule has 0 aromatic heterocycles. The molecule has 26 heavy (non-hydrogen) atoms. The molecule has 0 bridgehead atoms. The normalized spacial score (nSPS) is 20.2. The van der Waals surface area contributed by atoms with Crippen molar-refractivity contribution in [2.45, 2.75) is 13.8 Å². The van der Waals surface area contributed by atoms with Crippen LogP contribution in [-0.4, -0.2) is 126 Å². The Labute approximate surface area is 155 Å². The highest BCUT2D eigenvalue weighted by molar-refractivity contribution is 5.77. The molecule has 1 fully saturated rings. The van der Waals surface area contributed by atoms with Gasteiger partial charge in [-0.25, -0.2) is 0 Å². The summed E-state index contributed by atoms with van der Waals surface area (Å²) in [7, 11) is 0. The summed E-state index contributed by atoms with van der Waals surface area (Å²) >= 11 is 0. The van der Waals surface area contributed by atoms with Crippen LogP contribution in [-0.2, 0) is 14.4 Å². The van der Waals surface area contributed by atoms with Crippen molar-refractivity contribution < 1.29 is 24.6 Å². The number of aliphatic carboxylic acids is 2. The second kappa shape index (κ2) is 11.9. The van der Waals surface area contributed by atoms with Crippen LogP contribution < -0.4 is 0 Å². The van der Waals surface area contributed by atoms with Gasteiger partial charge in [0.1, 0.15) is 5.78 Å². The lowest BCUT2D eigenvalue weighted by molar-refractivity contribution is -0.140. The van der Waals surface area contributed by atoms with Crippen LogP contribution in [0.1, 0.15) is 13.8 Å². The van der Waals surface area contributed by atoms with Gasteiger partial charge >= 0.3 is 11.9 Å². The number of hydrogen-bond acceptors (Lipinski definition) is 7. The topological polar surface area (TPSA) is 105 Å². The smallest absolute Gasteiger partial charge is 0.317 e. The number of ketones is 1. The van der Waals surface area contributed by atoms with E-state index in [9.17, 15) is 14.4 Å². The van der Waals surface area contributed by atoms with E-state index in [-0.39, 0.29) is 18.9 Å². The third kappa shape index (κ3) is 9.81. The van der Waals surface area contributed by atoms with Crippen molar-refractivity contribution >= 4 is 17.7 Å². The predicted octanol–water partition coefficient (Wildman–Crippen LogP) is -1.01. The van der Waals surface area contributed by atoms with Gasteiger partial charge in [0.05, 0.1) is 19.6 Å². The molecule has 1 aliphatic heterocycles. The molecule has 1 aliphatic rings. The van der Waals surface area contributed by atoms with Crippen LogP contribution in [0.15, 0.2) is 0 Å². The molecule has 2 N–H and O–H groups in total. The number of Topliss-reactive ketones (excluding diaryl/α,β-unsaturated/α-hetero) is 1. The lowest BCUT2D eigenvalue weighted by atomic mass is 10.3. The molecule has 9 heteroatoms. The maximum absolute atomic E-state index is 11.5. The summed E-state index contributed by atoms with van der Waals surface area (Å²) in [4.78, 5) is 41.7. The molecule has 150 valence electrons. The fraction of sp³-hybridized carbons (Fsp3) is 0.824. The van der Waals surface area contributed by atoms with Gasteiger partial charge < -0.3 is 15.1 Å². The van der Waals surface area contributed by atoms with E-state index in [1.807, 2.05) is 9.80 Å². The first-order chi connectivity index (χ1) is 12.3. The van der Waals surface area contributed by atoms with Crippen molar-refractivity contribution in [3.8, 4) is 0 Å². The molecule has 0 radical (unpaired) electrons. The van der Waals surface area contributed by atoms with E-state index in [1.165, 1.54) is 0 Å². The molecule has 1 rings (SSSR count). The van der Waals surface area contributed by atoms with E-state index < -0.39 is 11.9 Å². The fourth-order valence-electron chi connectivity index (χ4n) is 3.07. The van der Waals surface area contributed by atoms with Gasteiger partial charge in [-0.1, -0.05) is 6.92 Å². The summed E-state index contributed by atoms with van der Waals surface area (Å²) in [5.41, 5.74) is 0. The minimum absolute atomic E-state index is 0.0467. The van der Waals surface area contributed by atoms with Crippen LogP contribution in [0.2, 0.25) is 0 Å². The molecule has 0 unspecified atom stereocenters. The zero-order valence-electron chi connectivity index (χ0n) is 15.9. The first-order valence-corrected chi connectivity index (χ1v) is 9.12. The summed E-state index contributed by atoms with van der Waals surface area (Å²) in [6, 6.07) is 0. The van der Waals surface area contributed by atoms with E-state index in [0.717, 1.165) is 26.2 Å². The Morgan fingerprint density at radius 2 is 0.962 bits per heavy atom. The first-order valence-electron chi connectivity index (χ1n) is 9.12. The van der Waals surface area contributed by atoms with Crippen molar-refractivity contribution in [1.29, 1.82) is 0 Å². The van der Waals surface area contributed by atoms with E-state index in [0.29, 0.717) is 39.3 Å². The zero-order valence-corrected chi connectivity index (χ0v) is 15.9. The fourth-order valence-corrected chi connectivity index (χ4v) is 3.07. The van der Waals surface area contributed by atoms with Gasteiger partial charge in [-0.3, -0.25) is 29.1 Å². The average molecular weight is 372 g/mol. The number of carboxylic acid groups (broad SMARTS) is 2. The molecule has 0 atom stereocenters. The van der Waals surface area contributed by atoms with Gasteiger partial charge in [0, 0.05) is 52.4 Å². The van der Waals surface area contributed by atoms with Crippen molar-refractivity contribution in [2.24, 2.45) is 0 Å². The lowest BCUT2D eigenvalue weighted by Crippen LogP contribution is -2.48. The number of nitrogens with zero attached hydrogens (tertiary/aromatic N) is 4. The summed E-state index contributed by atoms with van der Waals surface area (Å²) < 4.78 is 0. The Bertz CT molecular complexity index is 442. The Balaban J connectivity index is 2.82. The third-order valence-corrected chi connectivity index (χ3v) is 4.54. The molecule has 0 spiro atoms. The molecule has 0 amide bonds. The zero-order chi connectivity index (χ0) is 19.5. The maximum Gasteiger partial charge on any atom is 0.317 e. The molecule has 1 heterocycles. The van der Waals surface area contributed by atoms with E-state index >= 15 is 0 Å². The Hall–Kier alpha value is -1.55. The average Bonchev–Trinajstić information content (AvgIpc) is 2.53. The number of rotatable bonds is 7. The molecule has 0 aromatic carbocycles. The number of likely N-dealkylation sites (N-methyl/N-ethyl adjacent to an activating group) is 1. The third-order valence-electron chi connectivity index (χ3n) is 4.54. The lowest BCUT2D eigenvalue weighted by Gasteiger charge is -2.32. The van der Waals surface area contributed by atoms with Gasteiger partial charge in [-0.2, -0.15) is 0 Å². The standard InChI is InChI=1S/C17H32N4O5/c1-3-18-4-6-19(12-15(2)22)8-9-21(14-17(25)26)11-10-20(7-5-18)13-16(23)24/h3-14H2,1-2H3,(H,23,24)(H,25,26). The van der Waals surface area contributed by atoms with Crippen LogP contribution >= 0.6 is 0 Å². The summed E-state index contributed by atoms with van der Waals surface area (Å²) in [6.45, 7) is 9.75. The summed E-state index contributed by atoms with van der Waals surface area (Å²) in [5, 5.41) is 18.2. The van der Waals surface area contributed by atoms with Crippen molar-refractivity contribution in [1.82, 2.24) is 19.6 Å². The molecule has 0 aliphatic carbocycles. The Morgan fingerprint density at radius 1 is 0.654 bits per heavy atom. The van der Waals surface area contributed by atoms with Gasteiger partial charge in [-0.05, 0) is 13.5 Å². The monoisotopic (exact) mass is 372 g/mol. The van der Waals surface area contributed by atoms with Crippen LogP contribution in [0.3, 0.4) is 0 Å². The predicted molar refractivity (Wildman–Crippen MR) is 97.4 cm³/mol. The summed E-state index contributed by atoms with van der Waals surface area (Å²) in [5.74, 6) is -1.69. The molecule has 1 saturated heterocycles. The van der Waals surface area contributed by atoms with Gasteiger partial charge in [0.2, 0.25) is 0 Å². The minimum atomic E-state index is -0.905. The number of carboxylic acids is 2. The number of carbonyl (C=O) groups is 3. The van der Waals surface area contributed by atoms with Crippen molar-refractivity contribution in [2.75, 3.05) is 78.5 Å². The Kier molecular flexibility index (Phi) is 10.3. The van der Waals surface area contributed by atoms with Gasteiger partial charge in [0.25, 0.3) is 0 Å². The highest BCUT2D eigenvalue weighted by Crippen LogP contribution is 2.01. The highest BCUT2D eigenvalue weighted by atomic mass is 16.4.